The topological polar surface area (TPSA) is 82.2 Å². The molecule has 0 unspecified atom stereocenters. The second-order valence-electron chi connectivity index (χ2n) is 6.07. The number of nitrogens with zero attached hydrogens (tertiary/aromatic N) is 2. The molecule has 0 saturated heterocycles. The van der Waals surface area contributed by atoms with Crippen molar-refractivity contribution in [3.63, 3.8) is 0 Å². The van der Waals surface area contributed by atoms with Gasteiger partial charge in [0.05, 0.1) is 0 Å². The Morgan fingerprint density at radius 1 is 1.25 bits per heavy atom. The van der Waals surface area contributed by atoms with Crippen molar-refractivity contribution < 1.29 is 4.79 Å². The van der Waals surface area contributed by atoms with Crippen molar-refractivity contribution in [2.75, 3.05) is 0 Å². The number of amides is 1. The highest BCUT2D eigenvalue weighted by atomic mass is 35.5. The molecule has 4 rings (SSSR count). The molecule has 2 aromatic heterocycles. The van der Waals surface area contributed by atoms with Gasteiger partial charge in [0.25, 0.3) is 5.91 Å². The number of guanidine groups is 1. The fraction of sp³-hybridized carbons (Fsp3) is 0.353. The minimum Gasteiger partial charge on any atom is -0.353 e. The molecular formula is C17H20ClN5O. The van der Waals surface area contributed by atoms with Gasteiger partial charge in [0.15, 0.2) is 0 Å². The van der Waals surface area contributed by atoms with E-state index >= 15 is 0 Å². The number of carbonyl (C=O) groups is 1. The Hall–Kier alpha value is -2.34. The van der Waals surface area contributed by atoms with Crippen LogP contribution >= 0.6 is 12.4 Å². The summed E-state index contributed by atoms with van der Waals surface area (Å²) >= 11 is 0. The summed E-state index contributed by atoms with van der Waals surface area (Å²) in [6.07, 6.45) is 11.4. The van der Waals surface area contributed by atoms with Gasteiger partial charge in [-0.25, -0.2) is 9.98 Å². The zero-order valence-electron chi connectivity index (χ0n) is 13.2. The number of H-pyrrole nitrogens is 1. The van der Waals surface area contributed by atoms with E-state index in [0.717, 1.165) is 29.4 Å². The van der Waals surface area contributed by atoms with E-state index in [1.807, 2.05) is 18.3 Å². The van der Waals surface area contributed by atoms with Gasteiger partial charge in [-0.05, 0) is 31.1 Å². The molecule has 1 fully saturated rings. The molecule has 0 bridgehead atoms. The van der Waals surface area contributed by atoms with Crippen molar-refractivity contribution >= 4 is 41.4 Å². The molecule has 0 spiro atoms. The number of fused-ring (bicyclic) bond motifs is 1. The van der Waals surface area contributed by atoms with Gasteiger partial charge in [0.1, 0.15) is 11.3 Å². The normalized spacial score (nSPS) is 19.9. The lowest BCUT2D eigenvalue weighted by molar-refractivity contribution is -0.115. The first-order valence-electron chi connectivity index (χ1n) is 8.10. The summed E-state index contributed by atoms with van der Waals surface area (Å²) in [7, 11) is 0. The summed E-state index contributed by atoms with van der Waals surface area (Å²) in [6.45, 7) is 0. The van der Waals surface area contributed by atoms with Crippen molar-refractivity contribution in [3.05, 3.63) is 35.8 Å². The second-order valence-corrected chi connectivity index (χ2v) is 6.07. The Labute approximate surface area is 146 Å². The Morgan fingerprint density at radius 3 is 2.92 bits per heavy atom. The quantitative estimate of drug-likeness (QED) is 0.732. The third-order valence-corrected chi connectivity index (χ3v) is 4.42. The highest BCUT2D eigenvalue weighted by Gasteiger charge is 2.23. The summed E-state index contributed by atoms with van der Waals surface area (Å²) < 4.78 is 0. The molecule has 2 aliphatic rings. The van der Waals surface area contributed by atoms with E-state index in [4.69, 9.17) is 0 Å². The third-order valence-electron chi connectivity index (χ3n) is 4.42. The lowest BCUT2D eigenvalue weighted by Gasteiger charge is -2.23. The molecule has 126 valence electrons. The molecule has 2 aromatic rings. The van der Waals surface area contributed by atoms with Crippen LogP contribution in [0.25, 0.3) is 17.1 Å². The van der Waals surface area contributed by atoms with Crippen molar-refractivity contribution in [1.29, 1.82) is 0 Å². The number of hydrogen-bond donors (Lipinski definition) is 3. The number of aromatic nitrogens is 2. The lowest BCUT2D eigenvalue weighted by Crippen LogP contribution is -2.43. The van der Waals surface area contributed by atoms with Crippen LogP contribution in [0.1, 0.15) is 37.7 Å². The standard InChI is InChI=1S/C17H19N5O.ClH/c23-16-14(9-11-10-19-15-13(11)7-4-8-18-15)21-17(22-16)20-12-5-2-1-3-6-12;/h4,7-10,12H,1-3,5-6H2,(H,18,19)(H2,20,21,22,23);1H. The van der Waals surface area contributed by atoms with Crippen LogP contribution in [0, 0.1) is 0 Å². The smallest absolute Gasteiger partial charge is 0.276 e. The fourth-order valence-corrected chi connectivity index (χ4v) is 3.22. The van der Waals surface area contributed by atoms with Crippen LogP contribution in [0.2, 0.25) is 0 Å². The molecular weight excluding hydrogens is 326 g/mol. The molecule has 0 radical (unpaired) electrons. The molecule has 0 atom stereocenters. The van der Waals surface area contributed by atoms with Gasteiger partial charge in [-0.15, -0.1) is 12.4 Å². The van der Waals surface area contributed by atoms with Crippen molar-refractivity contribution in [2.24, 2.45) is 4.99 Å². The van der Waals surface area contributed by atoms with Gasteiger partial charge in [0.2, 0.25) is 5.96 Å². The summed E-state index contributed by atoms with van der Waals surface area (Å²) in [5.74, 6) is 0.410. The average Bonchev–Trinajstić information content (AvgIpc) is 3.13. The van der Waals surface area contributed by atoms with E-state index in [9.17, 15) is 4.79 Å². The second kappa shape index (κ2) is 7.05. The van der Waals surface area contributed by atoms with Crippen LogP contribution in [-0.4, -0.2) is 27.9 Å². The number of hydrogen-bond acceptors (Lipinski definition) is 4. The Balaban J connectivity index is 0.00000169. The zero-order chi connectivity index (χ0) is 15.6. The van der Waals surface area contributed by atoms with Gasteiger partial charge in [-0.1, -0.05) is 19.3 Å². The van der Waals surface area contributed by atoms with Gasteiger partial charge in [-0.2, -0.15) is 0 Å². The van der Waals surface area contributed by atoms with Crippen molar-refractivity contribution in [1.82, 2.24) is 20.6 Å². The molecule has 0 aromatic carbocycles. The first-order valence-corrected chi connectivity index (χ1v) is 8.10. The maximum Gasteiger partial charge on any atom is 0.276 e. The molecule has 24 heavy (non-hydrogen) atoms. The number of carbonyl (C=O) groups excluding carboxylic acids is 1. The van der Waals surface area contributed by atoms with Crippen LogP contribution in [0.5, 0.6) is 0 Å². The number of halogens is 1. The third kappa shape index (κ3) is 3.28. The van der Waals surface area contributed by atoms with Crippen molar-refractivity contribution in [3.8, 4) is 0 Å². The summed E-state index contributed by atoms with van der Waals surface area (Å²) in [4.78, 5) is 23.9. The Kier molecular flexibility index (Phi) is 4.85. The molecule has 3 N–H and O–H groups in total. The highest BCUT2D eigenvalue weighted by Crippen LogP contribution is 2.21. The maximum atomic E-state index is 12.1. The molecule has 1 aliphatic carbocycles. The first-order chi connectivity index (χ1) is 11.3. The summed E-state index contributed by atoms with van der Waals surface area (Å²) in [6, 6.07) is 4.27. The fourth-order valence-electron chi connectivity index (χ4n) is 3.22. The molecule has 1 aliphatic heterocycles. The van der Waals surface area contributed by atoms with Crippen LogP contribution in [0.15, 0.2) is 35.2 Å². The van der Waals surface area contributed by atoms with Crippen LogP contribution < -0.4 is 10.6 Å². The van der Waals surface area contributed by atoms with E-state index in [0.29, 0.717) is 17.7 Å². The van der Waals surface area contributed by atoms with Crippen LogP contribution in [-0.2, 0) is 4.79 Å². The number of rotatable bonds is 2. The van der Waals surface area contributed by atoms with E-state index in [1.165, 1.54) is 19.3 Å². The van der Waals surface area contributed by atoms with E-state index < -0.39 is 0 Å². The van der Waals surface area contributed by atoms with Crippen LogP contribution in [0.4, 0.5) is 0 Å². The van der Waals surface area contributed by atoms with Gasteiger partial charge in [-0.3, -0.25) is 10.1 Å². The molecule has 1 amide bonds. The van der Waals surface area contributed by atoms with Gasteiger partial charge >= 0.3 is 0 Å². The van der Waals surface area contributed by atoms with Crippen LogP contribution in [0.3, 0.4) is 0 Å². The minimum absolute atomic E-state index is 0. The Morgan fingerprint density at radius 2 is 2.08 bits per heavy atom. The number of aliphatic imine (C=N–C) groups is 1. The van der Waals surface area contributed by atoms with Crippen molar-refractivity contribution in [2.45, 2.75) is 38.1 Å². The maximum absolute atomic E-state index is 12.1. The summed E-state index contributed by atoms with van der Waals surface area (Å²) in [5.41, 5.74) is 2.15. The number of aromatic amines is 1. The first kappa shape index (κ1) is 16.5. The predicted molar refractivity (Wildman–Crippen MR) is 96.9 cm³/mol. The zero-order valence-corrected chi connectivity index (χ0v) is 14.0. The minimum atomic E-state index is -0.165. The van der Waals surface area contributed by atoms with Gasteiger partial charge in [0, 0.05) is 29.4 Å². The predicted octanol–water partition coefficient (Wildman–Crippen LogP) is 2.73. The molecule has 6 nitrogen and oxygen atoms in total. The SMILES string of the molecule is Cl.O=C1NC(NC2CCCCC2)=NC1=Cc1c[nH]c2ncccc12. The number of nitrogens with one attached hydrogen (secondary N) is 3. The highest BCUT2D eigenvalue weighted by molar-refractivity contribution is 6.14. The largest absolute Gasteiger partial charge is 0.353 e. The van der Waals surface area contributed by atoms with Gasteiger partial charge < -0.3 is 10.3 Å². The van der Waals surface area contributed by atoms with E-state index in [2.05, 4.69) is 25.6 Å². The van der Waals surface area contributed by atoms with E-state index in [1.54, 1.807) is 12.3 Å². The number of pyridine rings is 1. The average molecular weight is 346 g/mol. The molecule has 1 saturated carbocycles. The Bertz CT molecular complexity index is 804. The monoisotopic (exact) mass is 345 g/mol. The lowest BCUT2D eigenvalue weighted by atomic mass is 9.96. The van der Waals surface area contributed by atoms with E-state index in [-0.39, 0.29) is 18.3 Å². The molecule has 3 heterocycles. The molecule has 7 heteroatoms. The summed E-state index contributed by atoms with van der Waals surface area (Å²) in [5, 5.41) is 7.15.